The highest BCUT2D eigenvalue weighted by Gasteiger charge is 2.24. The maximum atomic E-state index is 14.0. The van der Waals surface area contributed by atoms with Crippen LogP contribution >= 0.6 is 11.6 Å². The molecule has 0 radical (unpaired) electrons. The predicted molar refractivity (Wildman–Crippen MR) is 113 cm³/mol. The van der Waals surface area contributed by atoms with Gasteiger partial charge in [0.2, 0.25) is 0 Å². The maximum Gasteiger partial charge on any atom is 0.264 e. The van der Waals surface area contributed by atoms with Gasteiger partial charge in [0.15, 0.2) is 0 Å². The molecule has 29 heavy (non-hydrogen) atoms. The van der Waals surface area contributed by atoms with Crippen LogP contribution in [-0.2, 0) is 10.0 Å². The summed E-state index contributed by atoms with van der Waals surface area (Å²) in [5.74, 6) is -1.08. The van der Waals surface area contributed by atoms with E-state index in [0.717, 1.165) is 9.21 Å². The second-order valence-electron chi connectivity index (χ2n) is 6.30. The summed E-state index contributed by atoms with van der Waals surface area (Å²) < 4.78 is 41.1. The average Bonchev–Trinajstić information content (AvgIpc) is 2.72. The summed E-state index contributed by atoms with van der Waals surface area (Å²) >= 11 is 5.96. The van der Waals surface area contributed by atoms with Gasteiger partial charge in [-0.05, 0) is 48.5 Å². The third kappa shape index (κ3) is 4.26. The van der Waals surface area contributed by atoms with Crippen molar-refractivity contribution in [1.82, 2.24) is 0 Å². The highest BCUT2D eigenvalue weighted by atomic mass is 35.5. The number of para-hydroxylation sites is 1. The summed E-state index contributed by atoms with van der Waals surface area (Å²) in [5.41, 5.74) is 0.607. The number of hydrogen-bond donors (Lipinski definition) is 0. The van der Waals surface area contributed by atoms with Crippen LogP contribution in [0.25, 0.3) is 0 Å². The largest absolute Gasteiger partial charge is 0.309 e. The fraction of sp³-hybridized carbons (Fsp3) is 0.0952. The molecule has 0 heterocycles. The molecule has 0 N–H and O–H groups in total. The second-order valence-corrected chi connectivity index (χ2v) is 8.70. The second kappa shape index (κ2) is 8.23. The molecule has 0 fully saturated rings. The first-order valence-electron chi connectivity index (χ1n) is 8.59. The van der Waals surface area contributed by atoms with E-state index in [-0.39, 0.29) is 16.1 Å². The highest BCUT2D eigenvalue weighted by Crippen LogP contribution is 2.26. The zero-order valence-electron chi connectivity index (χ0n) is 15.7. The van der Waals surface area contributed by atoms with Gasteiger partial charge < -0.3 is 4.90 Å². The molecule has 0 saturated carbocycles. The van der Waals surface area contributed by atoms with Crippen molar-refractivity contribution in [3.05, 3.63) is 89.2 Å². The first kappa shape index (κ1) is 20.8. The number of amides is 1. The summed E-state index contributed by atoms with van der Waals surface area (Å²) in [4.78, 5) is 13.9. The minimum Gasteiger partial charge on any atom is -0.309 e. The highest BCUT2D eigenvalue weighted by molar-refractivity contribution is 7.92. The summed E-state index contributed by atoms with van der Waals surface area (Å²) in [5, 5.41) is 0.403. The number of carbonyl (C=O) groups is 1. The molecule has 0 aliphatic carbocycles. The zero-order chi connectivity index (χ0) is 21.2. The summed E-state index contributed by atoms with van der Waals surface area (Å²) in [6.45, 7) is 0. The van der Waals surface area contributed by atoms with Crippen LogP contribution < -0.4 is 9.21 Å². The van der Waals surface area contributed by atoms with Crippen LogP contribution in [0, 0.1) is 5.82 Å². The molecule has 8 heteroatoms. The van der Waals surface area contributed by atoms with E-state index in [9.17, 15) is 17.6 Å². The summed E-state index contributed by atoms with van der Waals surface area (Å²) in [6, 6.07) is 17.9. The molecule has 1 amide bonds. The van der Waals surface area contributed by atoms with Crippen molar-refractivity contribution in [2.45, 2.75) is 4.90 Å². The molecule has 3 aromatic carbocycles. The third-order valence-corrected chi connectivity index (χ3v) is 6.45. The van der Waals surface area contributed by atoms with E-state index >= 15 is 0 Å². The van der Waals surface area contributed by atoms with E-state index in [0.29, 0.717) is 10.7 Å². The van der Waals surface area contributed by atoms with E-state index in [1.807, 2.05) is 0 Å². The Bertz CT molecular complexity index is 1170. The van der Waals surface area contributed by atoms with Crippen LogP contribution in [0.4, 0.5) is 15.8 Å². The minimum absolute atomic E-state index is 0.0623. The molecule has 0 aliphatic heterocycles. The molecule has 3 rings (SSSR count). The molecule has 0 atom stereocenters. The van der Waals surface area contributed by atoms with Gasteiger partial charge >= 0.3 is 0 Å². The standard InChI is InChI=1S/C21H18ClFN2O3S/c1-24(20-12-4-3-11-19(20)23)21(26)15-7-5-10-18(13-15)29(27,28)25(2)17-9-6-8-16(22)14-17/h3-14H,1-2H3. The molecule has 0 saturated heterocycles. The number of rotatable bonds is 5. The fourth-order valence-electron chi connectivity index (χ4n) is 2.79. The average molecular weight is 433 g/mol. The maximum absolute atomic E-state index is 14.0. The van der Waals surface area contributed by atoms with Gasteiger partial charge in [-0.3, -0.25) is 9.10 Å². The van der Waals surface area contributed by atoms with E-state index in [1.165, 1.54) is 62.6 Å². The van der Waals surface area contributed by atoms with Crippen LogP contribution in [-0.4, -0.2) is 28.4 Å². The van der Waals surface area contributed by atoms with Gasteiger partial charge in [-0.25, -0.2) is 12.8 Å². The smallest absolute Gasteiger partial charge is 0.264 e. The van der Waals surface area contributed by atoms with Crippen molar-refractivity contribution in [3.8, 4) is 0 Å². The van der Waals surface area contributed by atoms with Crippen LogP contribution in [0.3, 0.4) is 0 Å². The summed E-state index contributed by atoms with van der Waals surface area (Å²) in [6.07, 6.45) is 0. The molecule has 5 nitrogen and oxygen atoms in total. The van der Waals surface area contributed by atoms with Gasteiger partial charge in [0, 0.05) is 24.7 Å². The zero-order valence-corrected chi connectivity index (χ0v) is 17.3. The normalized spacial score (nSPS) is 11.2. The fourth-order valence-corrected chi connectivity index (χ4v) is 4.20. The Morgan fingerprint density at radius 2 is 1.62 bits per heavy atom. The molecule has 3 aromatic rings. The quantitative estimate of drug-likeness (QED) is 0.593. The number of nitrogens with zero attached hydrogens (tertiary/aromatic N) is 2. The lowest BCUT2D eigenvalue weighted by molar-refractivity contribution is 0.0992. The Kier molecular flexibility index (Phi) is 5.91. The molecule has 150 valence electrons. The molecule has 0 aromatic heterocycles. The van der Waals surface area contributed by atoms with Crippen LogP contribution in [0.15, 0.2) is 77.7 Å². The van der Waals surface area contributed by atoms with Gasteiger partial charge in [0.25, 0.3) is 15.9 Å². The van der Waals surface area contributed by atoms with Crippen molar-refractivity contribution in [3.63, 3.8) is 0 Å². The van der Waals surface area contributed by atoms with Crippen LogP contribution in [0.1, 0.15) is 10.4 Å². The Hall–Kier alpha value is -2.90. The number of halogens is 2. The number of anilines is 2. The SMILES string of the molecule is CN(C(=O)c1cccc(S(=O)(=O)N(C)c2cccc(Cl)c2)c1)c1ccccc1F. The number of hydrogen-bond acceptors (Lipinski definition) is 3. The van der Waals surface area contributed by atoms with Gasteiger partial charge in [-0.2, -0.15) is 0 Å². The van der Waals surface area contributed by atoms with Crippen LogP contribution in [0.2, 0.25) is 5.02 Å². The van der Waals surface area contributed by atoms with Crippen LogP contribution in [0.5, 0.6) is 0 Å². The van der Waals surface area contributed by atoms with Gasteiger partial charge in [0.05, 0.1) is 16.3 Å². The molecule has 0 aliphatic rings. The third-order valence-electron chi connectivity index (χ3n) is 4.43. The molecule has 0 unspecified atom stereocenters. The Morgan fingerprint density at radius 1 is 0.931 bits per heavy atom. The van der Waals surface area contributed by atoms with Gasteiger partial charge in [-0.15, -0.1) is 0 Å². The Labute approximate surface area is 174 Å². The number of sulfonamides is 1. The first-order valence-corrected chi connectivity index (χ1v) is 10.4. The molecular formula is C21H18ClFN2O3S. The lowest BCUT2D eigenvalue weighted by Crippen LogP contribution is -2.29. The van der Waals surface area contributed by atoms with Crippen molar-refractivity contribution >= 4 is 38.9 Å². The van der Waals surface area contributed by atoms with E-state index < -0.39 is 21.7 Å². The van der Waals surface area contributed by atoms with E-state index in [4.69, 9.17) is 11.6 Å². The van der Waals surface area contributed by atoms with Crippen molar-refractivity contribution in [1.29, 1.82) is 0 Å². The Balaban J connectivity index is 1.94. The van der Waals surface area contributed by atoms with Gasteiger partial charge in [-0.1, -0.05) is 35.9 Å². The van der Waals surface area contributed by atoms with E-state index in [1.54, 1.807) is 24.3 Å². The number of benzene rings is 3. The Morgan fingerprint density at radius 3 is 2.31 bits per heavy atom. The van der Waals surface area contributed by atoms with Crippen molar-refractivity contribution in [2.24, 2.45) is 0 Å². The molecule has 0 bridgehead atoms. The molecule has 0 spiro atoms. The first-order chi connectivity index (χ1) is 13.7. The summed E-state index contributed by atoms with van der Waals surface area (Å²) in [7, 11) is -1.10. The predicted octanol–water partition coefficient (Wildman–Crippen LogP) is 4.58. The lowest BCUT2D eigenvalue weighted by Gasteiger charge is -2.21. The van der Waals surface area contributed by atoms with E-state index in [2.05, 4.69) is 0 Å². The lowest BCUT2D eigenvalue weighted by atomic mass is 10.2. The monoisotopic (exact) mass is 432 g/mol. The van der Waals surface area contributed by atoms with Gasteiger partial charge in [0.1, 0.15) is 5.82 Å². The minimum atomic E-state index is -3.93. The van der Waals surface area contributed by atoms with Crippen molar-refractivity contribution in [2.75, 3.05) is 23.3 Å². The molecular weight excluding hydrogens is 415 g/mol. The topological polar surface area (TPSA) is 57.7 Å². The number of carbonyl (C=O) groups excluding carboxylic acids is 1. The van der Waals surface area contributed by atoms with Crippen molar-refractivity contribution < 1.29 is 17.6 Å².